The van der Waals surface area contributed by atoms with Crippen LogP contribution in [0.1, 0.15) is 24.5 Å². The van der Waals surface area contributed by atoms with E-state index in [9.17, 15) is 5.11 Å². The third-order valence-electron chi connectivity index (χ3n) is 3.85. The maximum Gasteiger partial charge on any atom is 0.142 e. The summed E-state index contributed by atoms with van der Waals surface area (Å²) in [6.45, 7) is 3.56. The molecule has 0 aliphatic carbocycles. The summed E-state index contributed by atoms with van der Waals surface area (Å²) in [6.07, 6.45) is 1.73. The first-order valence-corrected chi connectivity index (χ1v) is 6.74. The Kier molecular flexibility index (Phi) is 3.39. The van der Waals surface area contributed by atoms with E-state index in [0.717, 1.165) is 49.5 Å². The molecule has 3 rings (SSSR count). The van der Waals surface area contributed by atoms with Crippen LogP contribution in [0.4, 0.5) is 5.69 Å². The Morgan fingerprint density at radius 3 is 2.89 bits per heavy atom. The van der Waals surface area contributed by atoms with Crippen molar-refractivity contribution in [2.24, 2.45) is 5.92 Å². The van der Waals surface area contributed by atoms with Crippen LogP contribution in [0.25, 0.3) is 0 Å². The number of benzene rings is 1. The summed E-state index contributed by atoms with van der Waals surface area (Å²) in [4.78, 5) is 0. The Morgan fingerprint density at radius 1 is 1.22 bits per heavy atom. The third kappa shape index (κ3) is 2.31. The van der Waals surface area contributed by atoms with Gasteiger partial charge in [0.05, 0.1) is 11.8 Å². The van der Waals surface area contributed by atoms with Crippen LogP contribution >= 0.6 is 0 Å². The van der Waals surface area contributed by atoms with Crippen LogP contribution in [0, 0.1) is 5.92 Å². The lowest BCUT2D eigenvalue weighted by Crippen LogP contribution is -2.31. The number of aliphatic hydroxyl groups is 1. The highest BCUT2D eigenvalue weighted by Gasteiger charge is 2.24. The predicted molar refractivity (Wildman–Crippen MR) is 71.0 cm³/mol. The monoisotopic (exact) mass is 248 g/mol. The summed E-state index contributed by atoms with van der Waals surface area (Å²) in [5, 5.41) is 17.1. The Morgan fingerprint density at radius 2 is 2.06 bits per heavy atom. The molecule has 3 N–H and O–H groups in total. The van der Waals surface area contributed by atoms with Crippen molar-refractivity contribution < 1.29 is 9.84 Å². The van der Waals surface area contributed by atoms with E-state index < -0.39 is 0 Å². The van der Waals surface area contributed by atoms with E-state index in [1.807, 2.05) is 18.2 Å². The number of anilines is 1. The lowest BCUT2D eigenvalue weighted by Gasteiger charge is -2.28. The molecule has 1 aromatic rings. The number of fused-ring (bicyclic) bond motifs is 1. The number of hydrogen-bond donors (Lipinski definition) is 3. The second-order valence-corrected chi connectivity index (χ2v) is 5.06. The molecule has 2 heterocycles. The van der Waals surface area contributed by atoms with Gasteiger partial charge < -0.3 is 20.5 Å². The molecule has 2 aliphatic rings. The van der Waals surface area contributed by atoms with Crippen molar-refractivity contribution in [3.05, 3.63) is 23.8 Å². The van der Waals surface area contributed by atoms with Crippen molar-refractivity contribution in [1.29, 1.82) is 0 Å². The van der Waals surface area contributed by atoms with Gasteiger partial charge in [0.1, 0.15) is 12.4 Å². The minimum atomic E-state index is -0.360. The fourth-order valence-electron chi connectivity index (χ4n) is 2.77. The molecule has 1 saturated heterocycles. The summed E-state index contributed by atoms with van der Waals surface area (Å²) in [7, 11) is 0. The van der Waals surface area contributed by atoms with Gasteiger partial charge in [0.2, 0.25) is 0 Å². The van der Waals surface area contributed by atoms with Gasteiger partial charge in [-0.15, -0.1) is 0 Å². The summed E-state index contributed by atoms with van der Waals surface area (Å²) in [5.74, 6) is 1.26. The number of hydrogen-bond acceptors (Lipinski definition) is 4. The first-order valence-electron chi connectivity index (χ1n) is 6.74. The first kappa shape index (κ1) is 11.8. The van der Waals surface area contributed by atoms with E-state index in [2.05, 4.69) is 10.6 Å². The van der Waals surface area contributed by atoms with Gasteiger partial charge in [-0.05, 0) is 49.5 Å². The van der Waals surface area contributed by atoms with Gasteiger partial charge in [-0.2, -0.15) is 0 Å². The molecule has 0 amide bonds. The van der Waals surface area contributed by atoms with Crippen LogP contribution in [0.15, 0.2) is 18.2 Å². The van der Waals surface area contributed by atoms with Gasteiger partial charge in [0, 0.05) is 6.54 Å². The molecular formula is C14H20N2O2. The first-order chi connectivity index (χ1) is 8.84. The van der Waals surface area contributed by atoms with Gasteiger partial charge in [-0.25, -0.2) is 0 Å². The van der Waals surface area contributed by atoms with E-state index in [1.165, 1.54) is 0 Å². The third-order valence-corrected chi connectivity index (χ3v) is 3.85. The highest BCUT2D eigenvalue weighted by Crippen LogP contribution is 2.34. The van der Waals surface area contributed by atoms with Crippen LogP contribution in [0.3, 0.4) is 0 Å². The van der Waals surface area contributed by atoms with Crippen molar-refractivity contribution in [3.8, 4) is 5.75 Å². The van der Waals surface area contributed by atoms with Crippen molar-refractivity contribution >= 4 is 5.69 Å². The van der Waals surface area contributed by atoms with E-state index in [4.69, 9.17) is 4.74 Å². The van der Waals surface area contributed by atoms with Crippen molar-refractivity contribution in [3.63, 3.8) is 0 Å². The minimum absolute atomic E-state index is 0.360. The average Bonchev–Trinajstić information content (AvgIpc) is 2.47. The highest BCUT2D eigenvalue weighted by atomic mass is 16.5. The van der Waals surface area contributed by atoms with Gasteiger partial charge in [0.25, 0.3) is 0 Å². The maximum atomic E-state index is 10.5. The molecule has 0 saturated carbocycles. The fraction of sp³-hybridized carbons (Fsp3) is 0.571. The molecular weight excluding hydrogens is 228 g/mol. The number of rotatable bonds is 2. The number of nitrogens with one attached hydrogen (secondary N) is 2. The van der Waals surface area contributed by atoms with Crippen LogP contribution in [-0.4, -0.2) is 31.3 Å². The Hall–Kier alpha value is -1.26. The minimum Gasteiger partial charge on any atom is -0.490 e. The zero-order chi connectivity index (χ0) is 12.4. The SMILES string of the molecule is OC(c1ccc2c(c1)NCCO2)C1CCNCC1. The summed E-state index contributed by atoms with van der Waals surface area (Å²) in [5.41, 5.74) is 2.00. The largest absolute Gasteiger partial charge is 0.490 e. The van der Waals surface area contributed by atoms with Crippen LogP contribution in [0.5, 0.6) is 5.75 Å². The average molecular weight is 248 g/mol. The molecule has 0 bridgehead atoms. The maximum absolute atomic E-state index is 10.5. The zero-order valence-electron chi connectivity index (χ0n) is 10.5. The highest BCUT2D eigenvalue weighted by molar-refractivity contribution is 5.59. The Balaban J connectivity index is 1.78. The number of ether oxygens (including phenoxy) is 1. The van der Waals surface area contributed by atoms with Crippen molar-refractivity contribution in [2.45, 2.75) is 18.9 Å². The molecule has 2 aliphatic heterocycles. The number of aliphatic hydroxyl groups excluding tert-OH is 1. The summed E-state index contributed by atoms with van der Waals surface area (Å²) >= 11 is 0. The Labute approximate surface area is 107 Å². The standard InChI is InChI=1S/C14H20N2O2/c17-14(10-3-5-15-6-4-10)11-1-2-13-12(9-11)16-7-8-18-13/h1-2,9-10,14-17H,3-8H2. The van der Waals surface area contributed by atoms with E-state index in [1.54, 1.807) is 0 Å². The van der Waals surface area contributed by atoms with Gasteiger partial charge in [-0.3, -0.25) is 0 Å². The van der Waals surface area contributed by atoms with E-state index >= 15 is 0 Å². The van der Waals surface area contributed by atoms with Crippen molar-refractivity contribution in [1.82, 2.24) is 5.32 Å². The van der Waals surface area contributed by atoms with E-state index in [-0.39, 0.29) is 6.10 Å². The molecule has 0 radical (unpaired) electrons. The van der Waals surface area contributed by atoms with E-state index in [0.29, 0.717) is 12.5 Å². The topological polar surface area (TPSA) is 53.5 Å². The lowest BCUT2D eigenvalue weighted by atomic mass is 9.88. The molecule has 1 unspecified atom stereocenters. The summed E-state index contributed by atoms with van der Waals surface area (Å²) in [6, 6.07) is 5.97. The fourth-order valence-corrected chi connectivity index (χ4v) is 2.77. The van der Waals surface area contributed by atoms with Crippen molar-refractivity contribution in [2.75, 3.05) is 31.6 Å². The zero-order valence-corrected chi connectivity index (χ0v) is 10.5. The normalized spacial score (nSPS) is 21.6. The molecule has 18 heavy (non-hydrogen) atoms. The molecule has 1 aromatic carbocycles. The number of piperidine rings is 1. The van der Waals surface area contributed by atoms with Crippen LogP contribution < -0.4 is 15.4 Å². The molecule has 1 fully saturated rings. The summed E-state index contributed by atoms with van der Waals surface area (Å²) < 4.78 is 5.55. The van der Waals surface area contributed by atoms with Crippen LogP contribution in [-0.2, 0) is 0 Å². The smallest absolute Gasteiger partial charge is 0.142 e. The molecule has 1 atom stereocenters. The van der Waals surface area contributed by atoms with Gasteiger partial charge in [0.15, 0.2) is 0 Å². The molecule has 0 aromatic heterocycles. The quantitative estimate of drug-likeness (QED) is 0.743. The predicted octanol–water partition coefficient (Wildman–Crippen LogP) is 1.52. The van der Waals surface area contributed by atoms with Gasteiger partial charge >= 0.3 is 0 Å². The molecule has 4 heteroatoms. The van der Waals surface area contributed by atoms with Gasteiger partial charge in [-0.1, -0.05) is 6.07 Å². The van der Waals surface area contributed by atoms with Crippen LogP contribution in [0.2, 0.25) is 0 Å². The lowest BCUT2D eigenvalue weighted by molar-refractivity contribution is 0.0889. The molecule has 0 spiro atoms. The second-order valence-electron chi connectivity index (χ2n) is 5.06. The second kappa shape index (κ2) is 5.16. The Bertz CT molecular complexity index is 416. The molecule has 4 nitrogen and oxygen atoms in total. The molecule has 98 valence electrons.